The van der Waals surface area contributed by atoms with Crippen molar-refractivity contribution in [3.05, 3.63) is 22.4 Å². The number of aromatic amines is 1. The number of hydrogen-bond donors (Lipinski definition) is 2. The van der Waals surface area contributed by atoms with E-state index in [0.29, 0.717) is 29.6 Å². The van der Waals surface area contributed by atoms with Gasteiger partial charge >= 0.3 is 11.7 Å². The fourth-order valence-electron chi connectivity index (χ4n) is 2.18. The summed E-state index contributed by atoms with van der Waals surface area (Å²) >= 11 is 0. The maximum atomic E-state index is 11.8. The Hall–Kier alpha value is -2.38. The molecule has 2 aromatic heterocycles. The first-order valence-corrected chi connectivity index (χ1v) is 6.71. The molecule has 0 spiro atoms. The first-order valence-electron chi connectivity index (χ1n) is 6.71. The van der Waals surface area contributed by atoms with Gasteiger partial charge in [-0.3, -0.25) is 0 Å². The molecule has 0 aromatic carbocycles. The molecule has 2 heterocycles. The van der Waals surface area contributed by atoms with Gasteiger partial charge in [0.1, 0.15) is 17.7 Å². The summed E-state index contributed by atoms with van der Waals surface area (Å²) in [7, 11) is 1.35. The van der Waals surface area contributed by atoms with Crippen LogP contribution >= 0.6 is 0 Å². The van der Waals surface area contributed by atoms with Gasteiger partial charge in [0.25, 0.3) is 0 Å². The van der Waals surface area contributed by atoms with Crippen molar-refractivity contribution in [2.24, 2.45) is 5.92 Å². The maximum Gasteiger partial charge on any atom is 0.349 e. The molecule has 0 saturated carbocycles. The molecule has 0 radical (unpaired) electrons. The molecule has 0 bridgehead atoms. The summed E-state index contributed by atoms with van der Waals surface area (Å²) < 4.78 is 6.16. The third-order valence-corrected chi connectivity index (χ3v) is 3.08. The molecule has 0 aliphatic heterocycles. The molecule has 1 unspecified atom stereocenters. The van der Waals surface area contributed by atoms with Crippen molar-refractivity contribution < 1.29 is 9.53 Å². The average molecular weight is 293 g/mol. The number of esters is 1. The Bertz CT molecular complexity index is 703. The van der Waals surface area contributed by atoms with Crippen LogP contribution in [0.2, 0.25) is 0 Å². The van der Waals surface area contributed by atoms with Crippen molar-refractivity contribution in [3.8, 4) is 0 Å². The maximum absolute atomic E-state index is 11.8. The third kappa shape index (κ3) is 3.21. The molecule has 2 rings (SSSR count). The van der Waals surface area contributed by atoms with Crippen LogP contribution in [0, 0.1) is 12.8 Å². The normalized spacial score (nSPS) is 12.6. The first-order chi connectivity index (χ1) is 9.92. The number of ether oxygens (including phenoxy) is 1. The van der Waals surface area contributed by atoms with Crippen LogP contribution in [0.1, 0.15) is 26.1 Å². The Morgan fingerprint density at radius 2 is 2.24 bits per heavy atom. The average Bonchev–Trinajstić information content (AvgIpc) is 2.78. The van der Waals surface area contributed by atoms with Gasteiger partial charge in [-0.05, 0) is 19.3 Å². The fraction of sp³-hybridized carbons (Fsp3) is 0.538. The van der Waals surface area contributed by atoms with Crippen molar-refractivity contribution >= 4 is 17.4 Å². The smallest absolute Gasteiger partial charge is 0.349 e. The second-order valence-corrected chi connectivity index (χ2v) is 5.26. The van der Waals surface area contributed by atoms with Gasteiger partial charge in [-0.1, -0.05) is 13.8 Å². The van der Waals surface area contributed by atoms with E-state index in [2.05, 4.69) is 20.5 Å². The lowest BCUT2D eigenvalue weighted by atomic mass is 10.0. The highest BCUT2D eigenvalue weighted by Crippen LogP contribution is 2.14. The lowest BCUT2D eigenvalue weighted by molar-refractivity contribution is -0.141. The predicted octanol–water partition coefficient (Wildman–Crippen LogP) is 0.726. The highest BCUT2D eigenvalue weighted by atomic mass is 16.5. The lowest BCUT2D eigenvalue weighted by Gasteiger charge is -2.19. The number of nitrogens with one attached hydrogen (secondary N) is 2. The van der Waals surface area contributed by atoms with Crippen molar-refractivity contribution in [1.29, 1.82) is 0 Å². The fourth-order valence-corrected chi connectivity index (χ4v) is 2.18. The van der Waals surface area contributed by atoms with Crippen LogP contribution in [0.25, 0.3) is 5.65 Å². The minimum atomic E-state index is -0.491. The number of carbonyl (C=O) groups is 1. The zero-order valence-corrected chi connectivity index (χ0v) is 12.5. The van der Waals surface area contributed by atoms with Crippen molar-refractivity contribution in [2.45, 2.75) is 33.2 Å². The van der Waals surface area contributed by atoms with E-state index in [1.165, 1.54) is 11.5 Å². The topological polar surface area (TPSA) is 101 Å². The number of H-pyrrole nitrogens is 1. The number of methoxy groups -OCH3 is 1. The van der Waals surface area contributed by atoms with Crippen LogP contribution in [-0.2, 0) is 9.53 Å². The van der Waals surface area contributed by atoms with Gasteiger partial charge < -0.3 is 10.1 Å². The van der Waals surface area contributed by atoms with Crippen LogP contribution < -0.4 is 11.0 Å². The summed E-state index contributed by atoms with van der Waals surface area (Å²) in [4.78, 5) is 27.6. The van der Waals surface area contributed by atoms with Gasteiger partial charge in [0.15, 0.2) is 5.65 Å². The molecular formula is C13H19N5O3. The molecule has 114 valence electrons. The van der Waals surface area contributed by atoms with Gasteiger partial charge in [-0.15, -0.1) is 0 Å². The Kier molecular flexibility index (Phi) is 4.25. The van der Waals surface area contributed by atoms with Gasteiger partial charge in [0.2, 0.25) is 0 Å². The van der Waals surface area contributed by atoms with E-state index >= 15 is 0 Å². The number of aromatic nitrogens is 4. The molecular weight excluding hydrogens is 274 g/mol. The summed E-state index contributed by atoms with van der Waals surface area (Å²) in [5, 5.41) is 9.31. The molecule has 0 amide bonds. The van der Waals surface area contributed by atoms with E-state index in [1.807, 2.05) is 13.8 Å². The van der Waals surface area contributed by atoms with E-state index in [1.54, 1.807) is 13.0 Å². The molecule has 2 aromatic rings. The second-order valence-electron chi connectivity index (χ2n) is 5.26. The zero-order chi connectivity index (χ0) is 15.6. The predicted molar refractivity (Wildman–Crippen MR) is 77.2 cm³/mol. The van der Waals surface area contributed by atoms with Crippen molar-refractivity contribution in [2.75, 3.05) is 12.4 Å². The Morgan fingerprint density at radius 3 is 2.86 bits per heavy atom. The van der Waals surface area contributed by atoms with Gasteiger partial charge in [0.05, 0.1) is 7.11 Å². The number of anilines is 1. The van der Waals surface area contributed by atoms with Crippen molar-refractivity contribution in [3.63, 3.8) is 0 Å². The summed E-state index contributed by atoms with van der Waals surface area (Å²) in [6.45, 7) is 5.74. The summed E-state index contributed by atoms with van der Waals surface area (Å²) in [6, 6.07) is 1.12. The van der Waals surface area contributed by atoms with Crippen LogP contribution in [0.15, 0.2) is 10.9 Å². The Morgan fingerprint density at radius 1 is 1.52 bits per heavy atom. The SMILES string of the molecule is COC(=O)C(CC(C)C)Nc1cc2n[nH]c(=O)n2c(C)n1. The second kappa shape index (κ2) is 5.94. The number of aryl methyl sites for hydroxylation is 1. The Balaban J connectivity index is 2.32. The van der Waals surface area contributed by atoms with Crippen LogP contribution in [-0.4, -0.2) is 38.7 Å². The Labute approximate surface area is 121 Å². The molecule has 0 fully saturated rings. The molecule has 0 saturated heterocycles. The number of fused-ring (bicyclic) bond motifs is 1. The molecule has 1 atom stereocenters. The number of hydrogen-bond acceptors (Lipinski definition) is 6. The molecule has 8 heteroatoms. The van der Waals surface area contributed by atoms with E-state index < -0.39 is 6.04 Å². The van der Waals surface area contributed by atoms with Crippen LogP contribution in [0.4, 0.5) is 5.82 Å². The van der Waals surface area contributed by atoms with E-state index in [0.717, 1.165) is 0 Å². The summed E-state index contributed by atoms with van der Waals surface area (Å²) in [5.74, 6) is 0.943. The highest BCUT2D eigenvalue weighted by molar-refractivity contribution is 5.79. The molecule has 0 aliphatic carbocycles. The minimum absolute atomic E-state index is 0.319. The highest BCUT2D eigenvalue weighted by Gasteiger charge is 2.21. The first kappa shape index (κ1) is 15.0. The largest absolute Gasteiger partial charge is 0.467 e. The minimum Gasteiger partial charge on any atom is -0.467 e. The number of rotatable bonds is 5. The standard InChI is InChI=1S/C13H19N5O3/c1-7(2)5-9(12(19)21-4)15-10-6-11-16-17-13(20)18(11)8(3)14-10/h6-7,9,15H,5H2,1-4H3,(H,17,20). The van der Waals surface area contributed by atoms with Crippen LogP contribution in [0.3, 0.4) is 0 Å². The van der Waals surface area contributed by atoms with Crippen LogP contribution in [0.5, 0.6) is 0 Å². The lowest BCUT2D eigenvalue weighted by Crippen LogP contribution is -2.32. The summed E-state index contributed by atoms with van der Waals surface area (Å²) in [6.07, 6.45) is 0.617. The number of carbonyl (C=O) groups excluding carboxylic acids is 1. The molecule has 0 aliphatic rings. The molecule has 8 nitrogen and oxygen atoms in total. The molecule has 2 N–H and O–H groups in total. The van der Waals surface area contributed by atoms with E-state index in [9.17, 15) is 9.59 Å². The number of nitrogens with zero attached hydrogens (tertiary/aromatic N) is 3. The van der Waals surface area contributed by atoms with Gasteiger partial charge in [0, 0.05) is 6.07 Å². The quantitative estimate of drug-likeness (QED) is 0.788. The monoisotopic (exact) mass is 293 g/mol. The summed E-state index contributed by atoms with van der Waals surface area (Å²) in [5.41, 5.74) is 0.108. The van der Waals surface area contributed by atoms with Crippen molar-refractivity contribution in [1.82, 2.24) is 19.6 Å². The van der Waals surface area contributed by atoms with E-state index in [-0.39, 0.29) is 11.7 Å². The van der Waals surface area contributed by atoms with E-state index in [4.69, 9.17) is 4.74 Å². The van der Waals surface area contributed by atoms with Gasteiger partial charge in [-0.25, -0.2) is 24.1 Å². The zero-order valence-electron chi connectivity index (χ0n) is 12.5. The molecule has 21 heavy (non-hydrogen) atoms. The third-order valence-electron chi connectivity index (χ3n) is 3.08. The van der Waals surface area contributed by atoms with Gasteiger partial charge in [-0.2, -0.15) is 5.10 Å².